The first kappa shape index (κ1) is 8.63. The lowest BCUT2D eigenvalue weighted by Crippen LogP contribution is -2.14. The summed E-state index contributed by atoms with van der Waals surface area (Å²) in [5, 5.41) is 0. The zero-order chi connectivity index (χ0) is 9.42. The first-order chi connectivity index (χ1) is 6.18. The van der Waals surface area contributed by atoms with Crippen LogP contribution in [0.15, 0.2) is 12.1 Å². The Hall–Kier alpha value is -0.960. The quantitative estimate of drug-likeness (QED) is 0.706. The van der Waals surface area contributed by atoms with Crippen molar-refractivity contribution in [1.82, 2.24) is 4.98 Å². The third kappa shape index (κ3) is 1.70. The maximum absolute atomic E-state index is 12.7. The van der Waals surface area contributed by atoms with Gasteiger partial charge in [0, 0.05) is 11.7 Å². The lowest BCUT2D eigenvalue weighted by atomic mass is 10.0. The fraction of sp³-hybridized carbons (Fsp3) is 0.500. The van der Waals surface area contributed by atoms with Crippen LogP contribution >= 0.6 is 0 Å². The van der Waals surface area contributed by atoms with E-state index in [1.165, 1.54) is 18.9 Å². The Morgan fingerprint density at radius 1 is 1.54 bits per heavy atom. The first-order valence-electron chi connectivity index (χ1n) is 4.57. The highest BCUT2D eigenvalue weighted by Gasteiger charge is 2.30. The average Bonchev–Trinajstić information content (AvgIpc) is 2.85. The minimum absolute atomic E-state index is 0.0492. The van der Waals surface area contributed by atoms with Gasteiger partial charge in [0.15, 0.2) is 0 Å². The zero-order valence-electron chi connectivity index (χ0n) is 7.63. The lowest BCUT2D eigenvalue weighted by molar-refractivity contribution is 0.567. The van der Waals surface area contributed by atoms with Crippen molar-refractivity contribution in [2.45, 2.75) is 25.8 Å². The van der Waals surface area contributed by atoms with Gasteiger partial charge in [0.2, 0.25) is 5.95 Å². The van der Waals surface area contributed by atoms with Gasteiger partial charge in [0.1, 0.15) is 0 Å². The molecule has 1 fully saturated rings. The van der Waals surface area contributed by atoms with Crippen molar-refractivity contribution in [1.29, 1.82) is 0 Å². The van der Waals surface area contributed by atoms with E-state index in [-0.39, 0.29) is 6.04 Å². The highest BCUT2D eigenvalue weighted by Crippen LogP contribution is 2.39. The summed E-state index contributed by atoms with van der Waals surface area (Å²) in [6.07, 6.45) is 2.38. The molecule has 70 valence electrons. The molecule has 1 heterocycles. The van der Waals surface area contributed by atoms with Crippen LogP contribution in [-0.4, -0.2) is 4.98 Å². The Morgan fingerprint density at radius 2 is 2.23 bits per heavy atom. The van der Waals surface area contributed by atoms with E-state index >= 15 is 0 Å². The van der Waals surface area contributed by atoms with Crippen molar-refractivity contribution in [3.05, 3.63) is 29.3 Å². The van der Waals surface area contributed by atoms with Crippen molar-refractivity contribution in [3.8, 4) is 0 Å². The highest BCUT2D eigenvalue weighted by molar-refractivity contribution is 5.24. The van der Waals surface area contributed by atoms with Crippen molar-refractivity contribution in [2.24, 2.45) is 11.7 Å². The van der Waals surface area contributed by atoms with Gasteiger partial charge in [-0.1, -0.05) is 6.07 Å². The van der Waals surface area contributed by atoms with Gasteiger partial charge in [-0.3, -0.25) is 0 Å². The molecule has 1 atom stereocenters. The van der Waals surface area contributed by atoms with Crippen LogP contribution in [0.4, 0.5) is 4.39 Å². The van der Waals surface area contributed by atoms with Crippen LogP contribution in [0.25, 0.3) is 0 Å². The van der Waals surface area contributed by atoms with Gasteiger partial charge in [-0.05, 0) is 37.3 Å². The number of aromatic nitrogens is 1. The fourth-order valence-electron chi connectivity index (χ4n) is 1.60. The van der Waals surface area contributed by atoms with Gasteiger partial charge < -0.3 is 5.73 Å². The Labute approximate surface area is 77.0 Å². The molecule has 0 aromatic carbocycles. The van der Waals surface area contributed by atoms with Crippen molar-refractivity contribution < 1.29 is 4.39 Å². The second-order valence-corrected chi connectivity index (χ2v) is 3.67. The second kappa shape index (κ2) is 3.07. The summed E-state index contributed by atoms with van der Waals surface area (Å²) in [6, 6.07) is 3.18. The monoisotopic (exact) mass is 180 g/mol. The zero-order valence-corrected chi connectivity index (χ0v) is 7.63. The van der Waals surface area contributed by atoms with E-state index in [1.807, 2.05) is 0 Å². The number of halogens is 1. The SMILES string of the molecule is Cc1nc(F)ccc1[C@H](N)C1CC1. The maximum Gasteiger partial charge on any atom is 0.213 e. The molecule has 1 aliphatic rings. The van der Waals surface area contributed by atoms with Gasteiger partial charge in [0.25, 0.3) is 0 Å². The van der Waals surface area contributed by atoms with E-state index in [1.54, 1.807) is 13.0 Å². The predicted molar refractivity (Wildman–Crippen MR) is 48.6 cm³/mol. The van der Waals surface area contributed by atoms with Crippen LogP contribution in [0.2, 0.25) is 0 Å². The number of nitrogens with zero attached hydrogens (tertiary/aromatic N) is 1. The smallest absolute Gasteiger partial charge is 0.213 e. The maximum atomic E-state index is 12.7. The summed E-state index contributed by atoms with van der Waals surface area (Å²) in [4.78, 5) is 3.76. The summed E-state index contributed by atoms with van der Waals surface area (Å²) in [5.41, 5.74) is 7.70. The van der Waals surface area contributed by atoms with Gasteiger partial charge in [-0.25, -0.2) is 4.98 Å². The van der Waals surface area contributed by atoms with Gasteiger partial charge in [-0.2, -0.15) is 4.39 Å². The number of pyridine rings is 1. The fourth-order valence-corrected chi connectivity index (χ4v) is 1.60. The number of nitrogens with two attached hydrogens (primary N) is 1. The third-order valence-electron chi connectivity index (χ3n) is 2.58. The van der Waals surface area contributed by atoms with Crippen LogP contribution in [-0.2, 0) is 0 Å². The molecule has 2 rings (SSSR count). The van der Waals surface area contributed by atoms with Gasteiger partial charge >= 0.3 is 0 Å². The molecule has 1 aromatic heterocycles. The molecule has 0 radical (unpaired) electrons. The Bertz CT molecular complexity index is 321. The standard InChI is InChI=1S/C10H13FN2/c1-6-8(4-5-9(11)13-6)10(12)7-2-3-7/h4-5,7,10H,2-3,12H2,1H3/t10-/m1/s1. The van der Waals surface area contributed by atoms with Crippen LogP contribution in [0.3, 0.4) is 0 Å². The predicted octanol–water partition coefficient (Wildman–Crippen LogP) is 1.94. The molecule has 2 nitrogen and oxygen atoms in total. The minimum Gasteiger partial charge on any atom is -0.324 e. The molecule has 3 heteroatoms. The van der Waals surface area contributed by atoms with Gasteiger partial charge in [-0.15, -0.1) is 0 Å². The normalized spacial score (nSPS) is 18.7. The number of hydrogen-bond acceptors (Lipinski definition) is 2. The molecule has 0 spiro atoms. The molecule has 1 aromatic rings. The number of rotatable bonds is 2. The topological polar surface area (TPSA) is 38.9 Å². The largest absolute Gasteiger partial charge is 0.324 e. The van der Waals surface area contributed by atoms with E-state index in [4.69, 9.17) is 5.73 Å². The molecule has 0 aliphatic heterocycles. The van der Waals surface area contributed by atoms with Crippen LogP contribution < -0.4 is 5.73 Å². The number of hydrogen-bond donors (Lipinski definition) is 1. The van der Waals surface area contributed by atoms with Crippen molar-refractivity contribution >= 4 is 0 Å². The molecule has 0 amide bonds. The Morgan fingerprint density at radius 3 is 2.77 bits per heavy atom. The van der Waals surface area contributed by atoms with E-state index in [2.05, 4.69) is 4.98 Å². The Balaban J connectivity index is 2.28. The summed E-state index contributed by atoms with van der Waals surface area (Å²) in [6.45, 7) is 1.81. The van der Waals surface area contributed by atoms with Crippen LogP contribution in [0, 0.1) is 18.8 Å². The highest BCUT2D eigenvalue weighted by atomic mass is 19.1. The summed E-state index contributed by atoms with van der Waals surface area (Å²) in [5.74, 6) is 0.162. The number of aryl methyl sites for hydroxylation is 1. The molecule has 1 saturated carbocycles. The van der Waals surface area contributed by atoms with Crippen molar-refractivity contribution in [2.75, 3.05) is 0 Å². The summed E-state index contributed by atoms with van der Waals surface area (Å²) in [7, 11) is 0. The van der Waals surface area contributed by atoms with E-state index in [0.717, 1.165) is 11.3 Å². The van der Waals surface area contributed by atoms with E-state index in [0.29, 0.717) is 5.92 Å². The van der Waals surface area contributed by atoms with Crippen molar-refractivity contribution in [3.63, 3.8) is 0 Å². The van der Waals surface area contributed by atoms with E-state index < -0.39 is 5.95 Å². The molecule has 0 bridgehead atoms. The summed E-state index contributed by atoms with van der Waals surface area (Å²) < 4.78 is 12.7. The summed E-state index contributed by atoms with van der Waals surface area (Å²) >= 11 is 0. The molecule has 13 heavy (non-hydrogen) atoms. The molecule has 0 unspecified atom stereocenters. The molecule has 2 N–H and O–H groups in total. The van der Waals surface area contributed by atoms with Crippen LogP contribution in [0.5, 0.6) is 0 Å². The van der Waals surface area contributed by atoms with E-state index in [9.17, 15) is 4.39 Å². The average molecular weight is 180 g/mol. The third-order valence-corrected chi connectivity index (χ3v) is 2.58. The molecule has 1 aliphatic carbocycles. The molecule has 0 saturated heterocycles. The molecular weight excluding hydrogens is 167 g/mol. The van der Waals surface area contributed by atoms with Gasteiger partial charge in [0.05, 0.1) is 0 Å². The molecular formula is C10H13FN2. The second-order valence-electron chi connectivity index (χ2n) is 3.67. The Kier molecular flexibility index (Phi) is 2.04. The lowest BCUT2D eigenvalue weighted by Gasteiger charge is -2.12. The van der Waals surface area contributed by atoms with Crippen LogP contribution in [0.1, 0.15) is 30.1 Å². The first-order valence-corrected chi connectivity index (χ1v) is 4.57. The minimum atomic E-state index is -0.427.